The van der Waals surface area contributed by atoms with E-state index in [0.29, 0.717) is 5.82 Å². The van der Waals surface area contributed by atoms with Gasteiger partial charge in [-0.05, 0) is 49.8 Å². The fraction of sp³-hybridized carbons (Fsp3) is 0.211. The van der Waals surface area contributed by atoms with Gasteiger partial charge in [-0.1, -0.05) is 18.2 Å². The molecule has 0 spiro atoms. The lowest BCUT2D eigenvalue weighted by molar-refractivity contribution is -0.112. The van der Waals surface area contributed by atoms with Crippen LogP contribution < -0.4 is 10.2 Å². The minimum absolute atomic E-state index is 0.0382. The van der Waals surface area contributed by atoms with Crippen LogP contribution in [0.1, 0.15) is 19.4 Å². The molecule has 1 amide bonds. The Morgan fingerprint density at radius 1 is 1.21 bits per heavy atom. The van der Waals surface area contributed by atoms with Gasteiger partial charge in [0.15, 0.2) is 0 Å². The van der Waals surface area contributed by atoms with Crippen LogP contribution in [0.2, 0.25) is 0 Å². The van der Waals surface area contributed by atoms with Crippen LogP contribution in [-0.2, 0) is 4.79 Å². The first kappa shape index (κ1) is 17.2. The molecule has 0 unspecified atom stereocenters. The summed E-state index contributed by atoms with van der Waals surface area (Å²) in [6.45, 7) is 6.07. The predicted octanol–water partition coefficient (Wildman–Crippen LogP) is 3.47. The number of rotatable bonds is 6. The van der Waals surface area contributed by atoms with Crippen LogP contribution in [0.4, 0.5) is 11.5 Å². The van der Waals surface area contributed by atoms with Crippen LogP contribution in [0.5, 0.6) is 0 Å². The second kappa shape index (κ2) is 8.49. The third-order valence-corrected chi connectivity index (χ3v) is 3.60. The van der Waals surface area contributed by atoms with Gasteiger partial charge in [-0.25, -0.2) is 4.98 Å². The number of anilines is 2. The Morgan fingerprint density at radius 2 is 1.92 bits per heavy atom. The van der Waals surface area contributed by atoms with Gasteiger partial charge in [0.1, 0.15) is 17.5 Å². The fourth-order valence-corrected chi connectivity index (χ4v) is 2.31. The highest BCUT2D eigenvalue weighted by molar-refractivity contribution is 6.09. The van der Waals surface area contributed by atoms with E-state index in [2.05, 4.69) is 29.0 Å². The first-order chi connectivity index (χ1) is 11.7. The summed E-state index contributed by atoms with van der Waals surface area (Å²) in [5, 5.41) is 11.9. The smallest absolute Gasteiger partial charge is 0.267 e. The monoisotopic (exact) mass is 320 g/mol. The maximum Gasteiger partial charge on any atom is 0.267 e. The van der Waals surface area contributed by atoms with Gasteiger partial charge in [0.05, 0.1) is 0 Å². The number of nitrogens with zero attached hydrogens (tertiary/aromatic N) is 3. The molecule has 122 valence electrons. The van der Waals surface area contributed by atoms with E-state index in [1.807, 2.05) is 30.3 Å². The van der Waals surface area contributed by atoms with Crippen molar-refractivity contribution in [1.29, 1.82) is 5.26 Å². The number of nitrogens with one attached hydrogen (secondary N) is 1. The van der Waals surface area contributed by atoms with Crippen LogP contribution >= 0.6 is 0 Å². The Morgan fingerprint density at radius 3 is 2.46 bits per heavy atom. The van der Waals surface area contributed by atoms with Gasteiger partial charge in [0.25, 0.3) is 5.91 Å². The summed E-state index contributed by atoms with van der Waals surface area (Å²) in [6, 6.07) is 14.9. The number of aromatic nitrogens is 1. The lowest BCUT2D eigenvalue weighted by Crippen LogP contribution is -2.21. The van der Waals surface area contributed by atoms with Gasteiger partial charge in [0.2, 0.25) is 0 Å². The average Bonchev–Trinajstić information content (AvgIpc) is 2.62. The number of amides is 1. The highest BCUT2D eigenvalue weighted by Crippen LogP contribution is 2.17. The van der Waals surface area contributed by atoms with E-state index in [-0.39, 0.29) is 5.57 Å². The molecule has 1 heterocycles. The van der Waals surface area contributed by atoms with Crippen LogP contribution in [0, 0.1) is 11.3 Å². The van der Waals surface area contributed by atoms with Gasteiger partial charge in [0, 0.05) is 25.0 Å². The van der Waals surface area contributed by atoms with E-state index >= 15 is 0 Å². The Balaban J connectivity index is 2.15. The van der Waals surface area contributed by atoms with Crippen molar-refractivity contribution >= 4 is 23.5 Å². The third kappa shape index (κ3) is 4.43. The second-order valence-corrected chi connectivity index (χ2v) is 5.10. The molecular formula is C19H20N4O. The molecule has 5 nitrogen and oxygen atoms in total. The highest BCUT2D eigenvalue weighted by atomic mass is 16.1. The Bertz CT molecular complexity index is 741. The zero-order valence-corrected chi connectivity index (χ0v) is 13.9. The summed E-state index contributed by atoms with van der Waals surface area (Å²) < 4.78 is 0. The molecule has 1 N–H and O–H groups in total. The molecule has 0 aliphatic rings. The minimum atomic E-state index is -0.469. The number of hydrogen-bond donors (Lipinski definition) is 1. The van der Waals surface area contributed by atoms with E-state index in [9.17, 15) is 10.1 Å². The summed E-state index contributed by atoms with van der Waals surface area (Å²) in [4.78, 5) is 18.4. The van der Waals surface area contributed by atoms with E-state index in [1.165, 1.54) is 0 Å². The van der Waals surface area contributed by atoms with Crippen LogP contribution in [0.25, 0.3) is 6.08 Å². The van der Waals surface area contributed by atoms with Crippen molar-refractivity contribution in [3.63, 3.8) is 0 Å². The maximum atomic E-state index is 12.2. The molecular weight excluding hydrogens is 300 g/mol. The molecule has 5 heteroatoms. The van der Waals surface area contributed by atoms with E-state index in [0.717, 1.165) is 24.3 Å². The predicted molar refractivity (Wildman–Crippen MR) is 96.5 cm³/mol. The van der Waals surface area contributed by atoms with Gasteiger partial charge < -0.3 is 10.2 Å². The van der Waals surface area contributed by atoms with E-state index < -0.39 is 5.91 Å². The normalized spacial score (nSPS) is 10.8. The zero-order chi connectivity index (χ0) is 17.4. The van der Waals surface area contributed by atoms with Gasteiger partial charge >= 0.3 is 0 Å². The molecule has 0 atom stereocenters. The van der Waals surface area contributed by atoms with Gasteiger partial charge in [-0.3, -0.25) is 4.79 Å². The summed E-state index contributed by atoms with van der Waals surface area (Å²) in [5.74, 6) is -0.0513. The molecule has 0 radical (unpaired) electrons. The Kier molecular flexibility index (Phi) is 6.09. The second-order valence-electron chi connectivity index (χ2n) is 5.10. The third-order valence-electron chi connectivity index (χ3n) is 3.60. The molecule has 24 heavy (non-hydrogen) atoms. The van der Waals surface area contributed by atoms with Crippen LogP contribution in [0.15, 0.2) is 54.2 Å². The molecule has 1 aromatic carbocycles. The van der Waals surface area contributed by atoms with E-state index in [4.69, 9.17) is 0 Å². The number of nitriles is 1. The molecule has 0 aliphatic heterocycles. The van der Waals surface area contributed by atoms with Crippen molar-refractivity contribution in [2.24, 2.45) is 0 Å². The van der Waals surface area contributed by atoms with Crippen molar-refractivity contribution in [3.05, 3.63) is 59.8 Å². The van der Waals surface area contributed by atoms with E-state index in [1.54, 1.807) is 30.5 Å². The van der Waals surface area contributed by atoms with Crippen molar-refractivity contribution < 1.29 is 4.79 Å². The molecule has 0 aliphatic carbocycles. The topological polar surface area (TPSA) is 69.0 Å². The summed E-state index contributed by atoms with van der Waals surface area (Å²) in [7, 11) is 0. The number of benzene rings is 1. The van der Waals surface area contributed by atoms with Gasteiger partial charge in [-0.2, -0.15) is 5.26 Å². The highest BCUT2D eigenvalue weighted by Gasteiger charge is 2.10. The molecule has 2 aromatic rings. The number of carbonyl (C=O) groups excluding carboxylic acids is 1. The SMILES string of the molecule is CCN(CC)c1ccc(/C=C(\C#N)C(=O)Nc2ccccn2)cc1. The standard InChI is InChI=1S/C19H20N4O/c1-3-23(4-2)17-10-8-15(9-11-17)13-16(14-20)19(24)22-18-7-5-6-12-21-18/h5-13H,3-4H2,1-2H3,(H,21,22,24)/b16-13+. The zero-order valence-electron chi connectivity index (χ0n) is 13.9. The average molecular weight is 320 g/mol. The van der Waals surface area contributed by atoms with Crippen LogP contribution in [0.3, 0.4) is 0 Å². The Labute approximate surface area is 142 Å². The Hall–Kier alpha value is -3.13. The molecule has 0 saturated heterocycles. The first-order valence-corrected chi connectivity index (χ1v) is 7.87. The largest absolute Gasteiger partial charge is 0.372 e. The molecule has 0 saturated carbocycles. The lowest BCUT2D eigenvalue weighted by Gasteiger charge is -2.20. The van der Waals surface area contributed by atoms with Crippen molar-refractivity contribution in [1.82, 2.24) is 4.98 Å². The van der Waals surface area contributed by atoms with Crippen molar-refractivity contribution in [3.8, 4) is 6.07 Å². The van der Waals surface area contributed by atoms with Crippen LogP contribution in [-0.4, -0.2) is 24.0 Å². The number of carbonyl (C=O) groups is 1. The van der Waals surface area contributed by atoms with Gasteiger partial charge in [-0.15, -0.1) is 0 Å². The first-order valence-electron chi connectivity index (χ1n) is 7.87. The fourth-order valence-electron chi connectivity index (χ4n) is 2.31. The summed E-state index contributed by atoms with van der Waals surface area (Å²) in [6.07, 6.45) is 3.15. The molecule has 2 rings (SSSR count). The van der Waals surface area contributed by atoms with Crippen molar-refractivity contribution in [2.75, 3.05) is 23.3 Å². The summed E-state index contributed by atoms with van der Waals surface area (Å²) in [5.41, 5.74) is 1.96. The molecule has 0 fully saturated rings. The molecule has 1 aromatic heterocycles. The quantitative estimate of drug-likeness (QED) is 0.653. The minimum Gasteiger partial charge on any atom is -0.372 e. The number of pyridine rings is 1. The maximum absolute atomic E-state index is 12.2. The van der Waals surface area contributed by atoms with Crippen molar-refractivity contribution in [2.45, 2.75) is 13.8 Å². The molecule has 0 bridgehead atoms. The number of hydrogen-bond acceptors (Lipinski definition) is 4. The lowest BCUT2D eigenvalue weighted by atomic mass is 10.1. The summed E-state index contributed by atoms with van der Waals surface area (Å²) >= 11 is 0.